The average molecular weight is 323 g/mol. The maximum absolute atomic E-state index is 12.4. The highest BCUT2D eigenvalue weighted by Gasteiger charge is 2.17. The Morgan fingerprint density at radius 1 is 1.14 bits per heavy atom. The van der Waals surface area contributed by atoms with Gasteiger partial charge in [-0.3, -0.25) is 0 Å². The zero-order chi connectivity index (χ0) is 16.0. The van der Waals surface area contributed by atoms with Crippen molar-refractivity contribution in [3.63, 3.8) is 0 Å². The number of benzene rings is 1. The first-order valence-corrected chi connectivity index (χ1v) is 8.81. The van der Waals surface area contributed by atoms with Crippen LogP contribution in [0.2, 0.25) is 0 Å². The van der Waals surface area contributed by atoms with Crippen molar-refractivity contribution in [2.75, 3.05) is 19.6 Å². The van der Waals surface area contributed by atoms with E-state index in [-0.39, 0.29) is 10.8 Å². The van der Waals surface area contributed by atoms with Crippen LogP contribution in [0.25, 0.3) is 10.8 Å². The van der Waals surface area contributed by atoms with E-state index < -0.39 is 10.0 Å². The van der Waals surface area contributed by atoms with Crippen molar-refractivity contribution >= 4 is 20.8 Å². The molecule has 0 radical (unpaired) electrons. The molecule has 0 bridgehead atoms. The van der Waals surface area contributed by atoms with Crippen molar-refractivity contribution in [3.05, 3.63) is 30.5 Å². The lowest BCUT2D eigenvalue weighted by Crippen LogP contribution is -2.32. The minimum absolute atomic E-state index is 0.149. The summed E-state index contributed by atoms with van der Waals surface area (Å²) in [5, 5.41) is 13.8. The maximum atomic E-state index is 12.4. The van der Waals surface area contributed by atoms with Gasteiger partial charge in [0.05, 0.1) is 4.90 Å². The minimum Gasteiger partial charge on any atom is -0.493 e. The number of aromatic hydroxyl groups is 1. The van der Waals surface area contributed by atoms with Crippen molar-refractivity contribution in [2.24, 2.45) is 0 Å². The van der Waals surface area contributed by atoms with E-state index in [1.165, 1.54) is 12.3 Å². The quantitative estimate of drug-likeness (QED) is 0.642. The molecule has 22 heavy (non-hydrogen) atoms. The molecule has 3 N–H and O–H groups in total. The number of aromatic nitrogens is 1. The Morgan fingerprint density at radius 3 is 2.73 bits per heavy atom. The van der Waals surface area contributed by atoms with Crippen LogP contribution in [0.1, 0.15) is 19.8 Å². The van der Waals surface area contributed by atoms with Crippen molar-refractivity contribution in [1.29, 1.82) is 0 Å². The van der Waals surface area contributed by atoms with Gasteiger partial charge in [-0.15, -0.1) is 0 Å². The Bertz CT molecular complexity index is 732. The normalized spacial score (nSPS) is 11.9. The number of pyridine rings is 1. The molecule has 0 unspecified atom stereocenters. The fraction of sp³-hybridized carbons (Fsp3) is 0.400. The van der Waals surface area contributed by atoms with Crippen LogP contribution >= 0.6 is 0 Å². The number of fused-ring (bicyclic) bond motifs is 1. The summed E-state index contributed by atoms with van der Waals surface area (Å²) in [6.45, 7) is 3.89. The van der Waals surface area contributed by atoms with Gasteiger partial charge < -0.3 is 10.4 Å². The van der Waals surface area contributed by atoms with Crippen LogP contribution in [0.15, 0.2) is 35.4 Å². The van der Waals surface area contributed by atoms with E-state index in [4.69, 9.17) is 0 Å². The third-order valence-corrected chi connectivity index (χ3v) is 4.85. The Morgan fingerprint density at radius 2 is 1.95 bits per heavy atom. The van der Waals surface area contributed by atoms with Gasteiger partial charge in [0.15, 0.2) is 0 Å². The molecule has 1 aromatic heterocycles. The minimum atomic E-state index is -3.63. The number of rotatable bonds is 8. The first kappa shape index (κ1) is 16.7. The van der Waals surface area contributed by atoms with Gasteiger partial charge in [-0.2, -0.15) is 0 Å². The highest BCUT2D eigenvalue weighted by Crippen LogP contribution is 2.27. The van der Waals surface area contributed by atoms with Gasteiger partial charge in [-0.1, -0.05) is 19.4 Å². The summed E-state index contributed by atoms with van der Waals surface area (Å²) in [6.07, 6.45) is 3.57. The molecule has 2 aromatic rings. The first-order valence-electron chi connectivity index (χ1n) is 7.33. The number of sulfonamides is 1. The van der Waals surface area contributed by atoms with Crippen LogP contribution in [0, 0.1) is 0 Å². The molecule has 0 fully saturated rings. The van der Waals surface area contributed by atoms with Crippen LogP contribution in [-0.2, 0) is 10.0 Å². The largest absolute Gasteiger partial charge is 0.493 e. The summed E-state index contributed by atoms with van der Waals surface area (Å²) in [5.41, 5.74) is 0. The van der Waals surface area contributed by atoms with E-state index >= 15 is 0 Å². The smallest absolute Gasteiger partial charge is 0.241 e. The van der Waals surface area contributed by atoms with Crippen molar-refractivity contribution in [1.82, 2.24) is 15.0 Å². The Hall–Kier alpha value is -1.70. The second-order valence-corrected chi connectivity index (χ2v) is 6.72. The third kappa shape index (κ3) is 3.94. The predicted octanol–water partition coefficient (Wildman–Crippen LogP) is 1.61. The van der Waals surface area contributed by atoms with Gasteiger partial charge >= 0.3 is 0 Å². The van der Waals surface area contributed by atoms with Crippen LogP contribution < -0.4 is 10.0 Å². The second-order valence-electron chi connectivity index (χ2n) is 4.99. The molecule has 0 aliphatic rings. The summed E-state index contributed by atoms with van der Waals surface area (Å²) in [6, 6.07) is 6.35. The topological polar surface area (TPSA) is 91.3 Å². The third-order valence-electron chi connectivity index (χ3n) is 3.34. The van der Waals surface area contributed by atoms with Crippen LogP contribution in [0.5, 0.6) is 5.88 Å². The lowest BCUT2D eigenvalue weighted by Gasteiger charge is -2.10. The van der Waals surface area contributed by atoms with E-state index in [2.05, 4.69) is 21.9 Å². The number of nitrogens with zero attached hydrogens (tertiary/aromatic N) is 1. The zero-order valence-electron chi connectivity index (χ0n) is 12.5. The fourth-order valence-corrected chi connectivity index (χ4v) is 3.43. The summed E-state index contributed by atoms with van der Waals surface area (Å²) >= 11 is 0. The molecule has 6 nitrogen and oxygen atoms in total. The Labute approximate surface area is 130 Å². The number of nitrogens with one attached hydrogen (secondary N) is 2. The Kier molecular flexibility index (Phi) is 5.70. The van der Waals surface area contributed by atoms with Gasteiger partial charge in [0.2, 0.25) is 15.9 Å². The molecule has 1 aromatic carbocycles. The molecule has 0 saturated carbocycles. The van der Waals surface area contributed by atoms with Crippen molar-refractivity contribution in [2.45, 2.75) is 24.7 Å². The van der Waals surface area contributed by atoms with E-state index in [9.17, 15) is 13.5 Å². The molecule has 0 atom stereocenters. The van der Waals surface area contributed by atoms with Gasteiger partial charge in [-0.05, 0) is 31.2 Å². The number of hydrogen-bond donors (Lipinski definition) is 3. The molecule has 120 valence electrons. The SMILES string of the molecule is CCCCNCCNS(=O)(=O)c1cccc2c(O)nccc12. The zero-order valence-corrected chi connectivity index (χ0v) is 13.4. The highest BCUT2D eigenvalue weighted by atomic mass is 32.2. The molecule has 0 amide bonds. The molecule has 0 saturated heterocycles. The molecule has 2 rings (SSSR count). The number of hydrogen-bond acceptors (Lipinski definition) is 5. The fourth-order valence-electron chi connectivity index (χ4n) is 2.18. The van der Waals surface area contributed by atoms with Gasteiger partial charge in [-0.25, -0.2) is 18.1 Å². The van der Waals surface area contributed by atoms with E-state index in [0.717, 1.165) is 19.4 Å². The molecule has 1 heterocycles. The predicted molar refractivity (Wildman–Crippen MR) is 86.4 cm³/mol. The van der Waals surface area contributed by atoms with Gasteiger partial charge in [0.25, 0.3) is 0 Å². The van der Waals surface area contributed by atoms with Gasteiger partial charge in [0.1, 0.15) is 0 Å². The molecule has 0 aliphatic heterocycles. The van der Waals surface area contributed by atoms with Crippen LogP contribution in [0.4, 0.5) is 0 Å². The molecular weight excluding hydrogens is 302 g/mol. The summed E-state index contributed by atoms with van der Waals surface area (Å²) in [5.74, 6) is -0.171. The summed E-state index contributed by atoms with van der Waals surface area (Å²) in [4.78, 5) is 3.91. The molecule has 0 spiro atoms. The van der Waals surface area contributed by atoms with Gasteiger partial charge in [0, 0.05) is 30.1 Å². The van der Waals surface area contributed by atoms with Crippen LogP contribution in [-0.4, -0.2) is 38.1 Å². The number of unbranched alkanes of at least 4 members (excludes halogenated alkanes) is 1. The van der Waals surface area contributed by atoms with E-state index in [0.29, 0.717) is 23.9 Å². The summed E-state index contributed by atoms with van der Waals surface area (Å²) in [7, 11) is -3.63. The monoisotopic (exact) mass is 323 g/mol. The van der Waals surface area contributed by atoms with Crippen molar-refractivity contribution < 1.29 is 13.5 Å². The second kappa shape index (κ2) is 7.53. The standard InChI is InChI=1S/C15H21N3O3S/c1-2-3-8-16-10-11-18-22(20,21)14-6-4-5-13-12(14)7-9-17-15(13)19/h4-7,9,16,18H,2-3,8,10-11H2,1H3,(H,17,19). The maximum Gasteiger partial charge on any atom is 0.241 e. The van der Waals surface area contributed by atoms with E-state index in [1.807, 2.05) is 0 Å². The lowest BCUT2D eigenvalue weighted by molar-refractivity contribution is 0.460. The molecule has 0 aliphatic carbocycles. The van der Waals surface area contributed by atoms with E-state index in [1.54, 1.807) is 18.2 Å². The first-order chi connectivity index (χ1) is 10.6. The highest BCUT2D eigenvalue weighted by molar-refractivity contribution is 7.89. The summed E-state index contributed by atoms with van der Waals surface area (Å²) < 4.78 is 27.4. The molecular formula is C15H21N3O3S. The van der Waals surface area contributed by atoms with Crippen molar-refractivity contribution in [3.8, 4) is 5.88 Å². The molecule has 7 heteroatoms. The lowest BCUT2D eigenvalue weighted by atomic mass is 10.2. The van der Waals surface area contributed by atoms with Crippen LogP contribution in [0.3, 0.4) is 0 Å². The average Bonchev–Trinajstić information content (AvgIpc) is 2.50. The Balaban J connectivity index is 2.11.